The Kier molecular flexibility index (Phi) is 7.65. The molecule has 1 aliphatic heterocycles. The molecule has 0 amide bonds. The van der Waals surface area contributed by atoms with E-state index in [1.165, 1.54) is 16.4 Å². The molecule has 1 saturated heterocycles. The lowest BCUT2D eigenvalue weighted by molar-refractivity contribution is 0.131. The maximum Gasteiger partial charge on any atom is 0.243 e. The summed E-state index contributed by atoms with van der Waals surface area (Å²) < 4.78 is 46.9. The first-order chi connectivity index (χ1) is 18.7. The maximum atomic E-state index is 13.5. The Balaban J connectivity index is 1.27. The number of benzene rings is 2. The van der Waals surface area contributed by atoms with Gasteiger partial charge in [0.2, 0.25) is 16.0 Å². The number of aromatic nitrogens is 2. The third kappa shape index (κ3) is 6.11. The highest BCUT2D eigenvalue weighted by Crippen LogP contribution is 2.34. The van der Waals surface area contributed by atoms with Gasteiger partial charge in [0.15, 0.2) is 0 Å². The number of sulfonamides is 1. The Morgan fingerprint density at radius 3 is 2.41 bits per heavy atom. The van der Waals surface area contributed by atoms with Gasteiger partial charge in [0, 0.05) is 47.8 Å². The predicted molar refractivity (Wildman–Crippen MR) is 148 cm³/mol. The molecule has 2 aromatic carbocycles. The first-order valence-electron chi connectivity index (χ1n) is 12.6. The largest absolute Gasteiger partial charge is 0.472 e. The third-order valence-corrected chi connectivity index (χ3v) is 8.97. The summed E-state index contributed by atoms with van der Waals surface area (Å²) in [5, 5.41) is 6.27. The smallest absolute Gasteiger partial charge is 0.243 e. The van der Waals surface area contributed by atoms with E-state index in [0.717, 1.165) is 24.2 Å². The number of hydrogen-bond donors (Lipinski definition) is 2. The zero-order chi connectivity index (χ0) is 27.6. The van der Waals surface area contributed by atoms with Crippen LogP contribution in [0.3, 0.4) is 0 Å². The van der Waals surface area contributed by atoms with Crippen molar-refractivity contribution < 1.29 is 17.2 Å². The molecular formula is C28H31FN6O3S. The monoisotopic (exact) mass is 550 g/mol. The summed E-state index contributed by atoms with van der Waals surface area (Å²) in [6.45, 7) is 2.63. The lowest BCUT2D eigenvalue weighted by atomic mass is 9.94. The van der Waals surface area contributed by atoms with E-state index in [9.17, 15) is 12.8 Å². The molecule has 0 aliphatic carbocycles. The van der Waals surface area contributed by atoms with Crippen molar-refractivity contribution in [2.75, 3.05) is 31.3 Å². The second-order valence-electron chi connectivity index (χ2n) is 9.75. The summed E-state index contributed by atoms with van der Waals surface area (Å²) in [5.41, 5.74) is 3.12. The van der Waals surface area contributed by atoms with Gasteiger partial charge in [-0.05, 0) is 88.0 Å². The lowest BCUT2D eigenvalue weighted by Crippen LogP contribution is -2.45. The number of nitrogens with zero attached hydrogens (tertiary/aromatic N) is 4. The second-order valence-corrected chi connectivity index (χ2v) is 11.7. The van der Waals surface area contributed by atoms with Crippen LogP contribution in [0.1, 0.15) is 30.1 Å². The van der Waals surface area contributed by atoms with E-state index in [4.69, 9.17) is 4.42 Å². The van der Waals surface area contributed by atoms with E-state index in [1.54, 1.807) is 62.0 Å². The summed E-state index contributed by atoms with van der Waals surface area (Å²) in [5.74, 6) is 0.580. The number of aryl methyl sites for hydroxylation is 1. The molecular weight excluding hydrogens is 519 g/mol. The molecule has 39 heavy (non-hydrogen) atoms. The Bertz CT molecular complexity index is 1510. The van der Waals surface area contributed by atoms with Crippen LogP contribution >= 0.6 is 0 Å². The minimum absolute atomic E-state index is 0.100. The standard InChI is InChI=1S/C28H31FN6O3S/c1-19-16-27(31-22-6-4-21(29)5-7-22)33-28(30-19)32-23-8-10-25(11-9-23)39(36,37)35(3)24-12-14-34(2)26(17-24)20-13-15-38-18-20/h4-11,13,15-16,18,24,26H,12,14,17H2,1-3H3,(H2,30,31,32,33). The molecule has 0 spiro atoms. The molecule has 3 heterocycles. The minimum atomic E-state index is -3.69. The summed E-state index contributed by atoms with van der Waals surface area (Å²) in [4.78, 5) is 11.4. The van der Waals surface area contributed by atoms with Crippen LogP contribution in [0.15, 0.2) is 82.5 Å². The molecule has 2 aromatic heterocycles. The quantitative estimate of drug-likeness (QED) is 0.298. The molecule has 2 unspecified atom stereocenters. The highest BCUT2D eigenvalue weighted by atomic mass is 32.2. The molecule has 1 fully saturated rings. The number of rotatable bonds is 8. The number of hydrogen-bond acceptors (Lipinski definition) is 8. The number of halogens is 1. The summed E-state index contributed by atoms with van der Waals surface area (Å²) in [6.07, 6.45) is 4.81. The normalized spacial score (nSPS) is 18.3. The average Bonchev–Trinajstić information content (AvgIpc) is 3.45. The SMILES string of the molecule is Cc1cc(Nc2ccc(F)cc2)nc(Nc2ccc(S(=O)(=O)N(C)C3CCN(C)C(c4ccoc4)C3)cc2)n1. The number of nitrogens with one attached hydrogen (secondary N) is 2. The van der Waals surface area contributed by atoms with Gasteiger partial charge in [0.25, 0.3) is 0 Å². The minimum Gasteiger partial charge on any atom is -0.472 e. The van der Waals surface area contributed by atoms with Crippen LogP contribution in [-0.2, 0) is 10.0 Å². The predicted octanol–water partition coefficient (Wildman–Crippen LogP) is 5.46. The highest BCUT2D eigenvalue weighted by molar-refractivity contribution is 7.89. The van der Waals surface area contributed by atoms with E-state index >= 15 is 0 Å². The molecule has 1 aliphatic rings. The zero-order valence-electron chi connectivity index (χ0n) is 22.0. The molecule has 2 N–H and O–H groups in total. The average molecular weight is 551 g/mol. The van der Waals surface area contributed by atoms with Crippen LogP contribution in [0.4, 0.5) is 27.5 Å². The molecule has 204 valence electrons. The van der Waals surface area contributed by atoms with Crippen molar-refractivity contribution in [1.82, 2.24) is 19.2 Å². The van der Waals surface area contributed by atoms with Crippen molar-refractivity contribution >= 4 is 33.2 Å². The number of piperidine rings is 1. The van der Waals surface area contributed by atoms with Gasteiger partial charge in [0.05, 0.1) is 17.4 Å². The van der Waals surface area contributed by atoms with Crippen molar-refractivity contribution in [3.8, 4) is 0 Å². The van der Waals surface area contributed by atoms with E-state index in [1.807, 2.05) is 20.0 Å². The Morgan fingerprint density at radius 1 is 1.03 bits per heavy atom. The van der Waals surface area contributed by atoms with Crippen molar-refractivity contribution in [2.24, 2.45) is 0 Å². The molecule has 4 aromatic rings. The number of anilines is 4. The molecule has 0 saturated carbocycles. The Hall–Kier alpha value is -3.80. The zero-order valence-corrected chi connectivity index (χ0v) is 22.8. The fourth-order valence-corrected chi connectivity index (χ4v) is 6.22. The molecule has 2 atom stereocenters. The molecule has 5 rings (SSSR count). The lowest BCUT2D eigenvalue weighted by Gasteiger charge is -2.40. The molecule has 0 bridgehead atoms. The van der Waals surface area contributed by atoms with Crippen molar-refractivity contribution in [1.29, 1.82) is 0 Å². The molecule has 0 radical (unpaired) electrons. The van der Waals surface area contributed by atoms with Crippen LogP contribution in [0.2, 0.25) is 0 Å². The van der Waals surface area contributed by atoms with Gasteiger partial charge in [0.1, 0.15) is 11.6 Å². The Morgan fingerprint density at radius 2 is 1.72 bits per heavy atom. The Labute approximate surface area is 227 Å². The van der Waals surface area contributed by atoms with E-state index in [2.05, 4.69) is 25.5 Å². The summed E-state index contributed by atoms with van der Waals surface area (Å²) >= 11 is 0. The first kappa shape index (κ1) is 26.8. The van der Waals surface area contributed by atoms with Crippen LogP contribution in [0, 0.1) is 12.7 Å². The maximum absolute atomic E-state index is 13.5. The topological polar surface area (TPSA) is 104 Å². The molecule has 9 nitrogen and oxygen atoms in total. The van der Waals surface area contributed by atoms with Crippen LogP contribution < -0.4 is 10.6 Å². The van der Waals surface area contributed by atoms with Crippen LogP contribution in [0.25, 0.3) is 0 Å². The van der Waals surface area contributed by atoms with Gasteiger partial charge in [-0.15, -0.1) is 0 Å². The van der Waals surface area contributed by atoms with Gasteiger partial charge in [-0.2, -0.15) is 9.29 Å². The summed E-state index contributed by atoms with van der Waals surface area (Å²) in [7, 11) is 0.00899. The van der Waals surface area contributed by atoms with Crippen LogP contribution in [-0.4, -0.2) is 54.3 Å². The highest BCUT2D eigenvalue weighted by Gasteiger charge is 2.35. The first-order valence-corrected chi connectivity index (χ1v) is 14.1. The van der Waals surface area contributed by atoms with Crippen molar-refractivity contribution in [3.05, 3.63) is 90.3 Å². The van der Waals surface area contributed by atoms with E-state index < -0.39 is 10.0 Å². The van der Waals surface area contributed by atoms with Crippen molar-refractivity contribution in [3.63, 3.8) is 0 Å². The van der Waals surface area contributed by atoms with E-state index in [-0.39, 0.29) is 22.8 Å². The summed E-state index contributed by atoms with van der Waals surface area (Å²) in [6, 6.07) is 16.2. The van der Waals surface area contributed by atoms with E-state index in [0.29, 0.717) is 29.6 Å². The van der Waals surface area contributed by atoms with Gasteiger partial charge in [-0.1, -0.05) is 0 Å². The fraction of sp³-hybridized carbons (Fsp3) is 0.286. The van der Waals surface area contributed by atoms with Gasteiger partial charge in [-0.25, -0.2) is 17.8 Å². The second kappa shape index (κ2) is 11.1. The van der Waals surface area contributed by atoms with Gasteiger partial charge < -0.3 is 15.1 Å². The number of likely N-dealkylation sites (tertiary alicyclic amines) is 1. The van der Waals surface area contributed by atoms with Crippen LogP contribution in [0.5, 0.6) is 0 Å². The molecule has 11 heteroatoms. The fourth-order valence-electron chi connectivity index (χ4n) is 4.82. The van der Waals surface area contributed by atoms with Gasteiger partial charge in [-0.3, -0.25) is 4.90 Å². The third-order valence-electron chi connectivity index (χ3n) is 7.04. The van der Waals surface area contributed by atoms with Crippen molar-refractivity contribution in [2.45, 2.75) is 36.7 Å². The number of furan rings is 1. The van der Waals surface area contributed by atoms with Gasteiger partial charge >= 0.3 is 0 Å².